The third-order valence-corrected chi connectivity index (χ3v) is 6.09. The summed E-state index contributed by atoms with van der Waals surface area (Å²) < 4.78 is 24.5. The van der Waals surface area contributed by atoms with Crippen molar-refractivity contribution in [2.75, 3.05) is 0 Å². The first-order valence-electron chi connectivity index (χ1n) is 7.76. The average molecular weight is 398 g/mol. The van der Waals surface area contributed by atoms with Crippen molar-refractivity contribution < 1.29 is 13.2 Å². The van der Waals surface area contributed by atoms with Gasteiger partial charge in [0.15, 0.2) is 0 Å². The molecule has 3 rings (SSSR count). The number of aromatic nitrogens is 1. The van der Waals surface area contributed by atoms with E-state index in [2.05, 4.69) is 15.2 Å². The molecule has 0 spiro atoms. The normalized spacial score (nSPS) is 11.0. The number of aryl methyl sites for hydroxylation is 1. The van der Waals surface area contributed by atoms with Crippen LogP contribution in [0.1, 0.15) is 20.9 Å². The second kappa shape index (κ2) is 7.67. The minimum absolute atomic E-state index is 0.0622. The number of sulfonamides is 1. The predicted molar refractivity (Wildman–Crippen MR) is 101 cm³/mol. The van der Waals surface area contributed by atoms with Crippen molar-refractivity contribution in [3.05, 3.63) is 70.7 Å². The van der Waals surface area contributed by atoms with Gasteiger partial charge in [-0.05, 0) is 31.2 Å². The molecule has 0 atom stereocenters. The Kier molecular flexibility index (Phi) is 5.32. The quantitative estimate of drug-likeness (QED) is 0.642. The van der Waals surface area contributed by atoms with E-state index < -0.39 is 15.9 Å². The van der Waals surface area contributed by atoms with Crippen molar-refractivity contribution in [3.63, 3.8) is 0 Å². The predicted octanol–water partition coefficient (Wildman–Crippen LogP) is 2.61. The van der Waals surface area contributed by atoms with Crippen LogP contribution in [0.4, 0.5) is 0 Å². The number of carbonyl (C=O) groups is 1. The van der Waals surface area contributed by atoms with E-state index in [1.54, 1.807) is 6.92 Å². The molecule has 136 valence electrons. The molecule has 0 aliphatic rings. The van der Waals surface area contributed by atoms with Gasteiger partial charge in [-0.15, -0.1) is 16.2 Å². The zero-order valence-electron chi connectivity index (χ0n) is 14.1. The van der Waals surface area contributed by atoms with Crippen molar-refractivity contribution in [1.29, 1.82) is 5.26 Å². The van der Waals surface area contributed by atoms with Crippen molar-refractivity contribution in [2.24, 2.45) is 0 Å². The van der Waals surface area contributed by atoms with E-state index in [1.165, 1.54) is 35.6 Å². The molecule has 0 aliphatic carbocycles. The fourth-order valence-electron chi connectivity index (χ4n) is 2.25. The lowest BCUT2D eigenvalue weighted by molar-refractivity contribution is 0.0948. The Morgan fingerprint density at radius 1 is 1.11 bits per heavy atom. The van der Waals surface area contributed by atoms with Crippen molar-refractivity contribution in [2.45, 2.75) is 11.8 Å². The van der Waals surface area contributed by atoms with E-state index >= 15 is 0 Å². The Morgan fingerprint density at radius 3 is 2.41 bits per heavy atom. The maximum Gasteiger partial charge on any atom is 0.278 e. The lowest BCUT2D eigenvalue weighted by Crippen LogP contribution is -2.41. The number of nitrogens with zero attached hydrogens (tertiary/aromatic N) is 2. The first-order chi connectivity index (χ1) is 12.9. The molecule has 1 aromatic heterocycles. The summed E-state index contributed by atoms with van der Waals surface area (Å²) in [5.74, 6) is -0.593. The number of hydrogen-bond donors (Lipinski definition) is 2. The number of carbonyl (C=O) groups excluding carboxylic acids is 1. The highest BCUT2D eigenvalue weighted by atomic mass is 32.2. The monoisotopic (exact) mass is 398 g/mol. The third-order valence-electron chi connectivity index (χ3n) is 3.62. The van der Waals surface area contributed by atoms with Gasteiger partial charge in [0, 0.05) is 5.56 Å². The maximum atomic E-state index is 12.4. The van der Waals surface area contributed by atoms with Crippen LogP contribution < -0.4 is 10.3 Å². The van der Waals surface area contributed by atoms with Crippen LogP contribution in [-0.2, 0) is 10.0 Å². The first-order valence-corrected chi connectivity index (χ1v) is 10.1. The molecule has 0 unspecified atom stereocenters. The fraction of sp³-hybridized carbons (Fsp3) is 0.0556. The topological polar surface area (TPSA) is 112 Å². The summed E-state index contributed by atoms with van der Waals surface area (Å²) in [7, 11) is -3.95. The number of hydrogen-bond acceptors (Lipinski definition) is 6. The van der Waals surface area contributed by atoms with E-state index in [1.807, 2.05) is 36.4 Å². The smallest absolute Gasteiger partial charge is 0.273 e. The fourth-order valence-corrected chi connectivity index (χ4v) is 4.06. The van der Waals surface area contributed by atoms with Gasteiger partial charge in [0.25, 0.3) is 15.9 Å². The van der Waals surface area contributed by atoms with Crippen LogP contribution in [0.15, 0.2) is 59.5 Å². The van der Waals surface area contributed by atoms with Gasteiger partial charge >= 0.3 is 0 Å². The molecule has 1 heterocycles. The van der Waals surface area contributed by atoms with Gasteiger partial charge in [-0.2, -0.15) is 5.26 Å². The molecular formula is C18H14N4O3S2. The van der Waals surface area contributed by atoms with Crippen LogP contribution in [0.3, 0.4) is 0 Å². The second-order valence-electron chi connectivity index (χ2n) is 5.50. The molecule has 0 aliphatic heterocycles. The molecule has 0 saturated carbocycles. The Hall–Kier alpha value is -3.06. The number of thiazole rings is 1. The van der Waals surface area contributed by atoms with Crippen LogP contribution >= 0.6 is 11.3 Å². The minimum atomic E-state index is -3.95. The number of hydrazine groups is 1. The van der Waals surface area contributed by atoms with Crippen molar-refractivity contribution in [3.8, 4) is 16.6 Å². The van der Waals surface area contributed by atoms with Gasteiger partial charge in [0.2, 0.25) is 0 Å². The molecule has 1 amide bonds. The molecule has 7 nitrogen and oxygen atoms in total. The largest absolute Gasteiger partial charge is 0.278 e. The van der Waals surface area contributed by atoms with Gasteiger partial charge in [0.05, 0.1) is 22.2 Å². The Labute approximate surface area is 160 Å². The van der Waals surface area contributed by atoms with Crippen molar-refractivity contribution in [1.82, 2.24) is 15.2 Å². The molecule has 2 aromatic carbocycles. The molecule has 2 N–H and O–H groups in total. The SMILES string of the molecule is Cc1nc(-c2ccccc2)sc1C(=O)NNS(=O)(=O)c1ccc(C#N)cc1. The van der Waals surface area contributed by atoms with Gasteiger partial charge in [-0.25, -0.2) is 13.4 Å². The van der Waals surface area contributed by atoms with Crippen LogP contribution in [0.5, 0.6) is 0 Å². The molecule has 0 saturated heterocycles. The van der Waals surface area contributed by atoms with E-state index in [0.29, 0.717) is 21.1 Å². The Balaban J connectivity index is 1.74. The number of benzene rings is 2. The zero-order chi connectivity index (χ0) is 19.4. The minimum Gasteiger partial charge on any atom is -0.273 e. The number of nitrogens with one attached hydrogen (secondary N) is 2. The molecule has 9 heteroatoms. The molecule has 27 heavy (non-hydrogen) atoms. The van der Waals surface area contributed by atoms with Crippen LogP contribution in [0.25, 0.3) is 10.6 Å². The van der Waals surface area contributed by atoms with Crippen LogP contribution in [-0.4, -0.2) is 19.3 Å². The number of nitriles is 1. The van der Waals surface area contributed by atoms with E-state index in [4.69, 9.17) is 5.26 Å². The van der Waals surface area contributed by atoms with Gasteiger partial charge in [0.1, 0.15) is 9.88 Å². The highest BCUT2D eigenvalue weighted by Crippen LogP contribution is 2.27. The first kappa shape index (κ1) is 18.7. The van der Waals surface area contributed by atoms with Gasteiger partial charge in [-0.3, -0.25) is 10.2 Å². The van der Waals surface area contributed by atoms with E-state index in [9.17, 15) is 13.2 Å². The molecule has 0 radical (unpaired) electrons. The molecular weight excluding hydrogens is 384 g/mol. The highest BCUT2D eigenvalue weighted by molar-refractivity contribution is 7.89. The molecule has 3 aromatic rings. The summed E-state index contributed by atoms with van der Waals surface area (Å²) >= 11 is 1.18. The molecule has 0 fully saturated rings. The summed E-state index contributed by atoms with van der Waals surface area (Å²) in [5.41, 5.74) is 3.93. The summed E-state index contributed by atoms with van der Waals surface area (Å²) in [6, 6.07) is 16.7. The van der Waals surface area contributed by atoms with E-state index in [0.717, 1.165) is 5.56 Å². The Morgan fingerprint density at radius 2 is 1.78 bits per heavy atom. The van der Waals surface area contributed by atoms with Crippen molar-refractivity contribution >= 4 is 27.3 Å². The standard InChI is InChI=1S/C18H14N4O3S2/c1-12-16(26-18(20-12)14-5-3-2-4-6-14)17(23)21-22-27(24,25)15-9-7-13(11-19)8-10-15/h2-10,22H,1H3,(H,21,23). The van der Waals surface area contributed by atoms with E-state index in [-0.39, 0.29) is 4.90 Å². The maximum absolute atomic E-state index is 12.4. The van der Waals surface area contributed by atoms with Gasteiger partial charge in [-0.1, -0.05) is 30.3 Å². The lowest BCUT2D eigenvalue weighted by atomic mass is 10.2. The van der Waals surface area contributed by atoms with Gasteiger partial charge < -0.3 is 0 Å². The summed E-state index contributed by atoms with van der Waals surface area (Å²) in [5, 5.41) is 9.44. The third kappa shape index (κ3) is 4.20. The lowest BCUT2D eigenvalue weighted by Gasteiger charge is -2.07. The average Bonchev–Trinajstić information content (AvgIpc) is 3.09. The second-order valence-corrected chi connectivity index (χ2v) is 8.18. The number of amides is 1. The van der Waals surface area contributed by atoms with Crippen LogP contribution in [0.2, 0.25) is 0 Å². The summed E-state index contributed by atoms with van der Waals surface area (Å²) in [4.78, 5) is 19.1. The Bertz CT molecular complexity index is 1120. The summed E-state index contributed by atoms with van der Waals surface area (Å²) in [6.07, 6.45) is 0. The van der Waals surface area contributed by atoms with Crippen LogP contribution in [0, 0.1) is 18.3 Å². The highest BCUT2D eigenvalue weighted by Gasteiger charge is 2.19. The zero-order valence-corrected chi connectivity index (χ0v) is 15.8. The number of rotatable bonds is 5. The molecule has 0 bridgehead atoms. The summed E-state index contributed by atoms with van der Waals surface area (Å²) in [6.45, 7) is 1.69.